The molecule has 0 saturated carbocycles. The molecule has 0 aliphatic carbocycles. The summed E-state index contributed by atoms with van der Waals surface area (Å²) in [7, 11) is 3.37. The summed E-state index contributed by atoms with van der Waals surface area (Å²) in [6.45, 7) is 0.845. The summed E-state index contributed by atoms with van der Waals surface area (Å²) in [6, 6.07) is 7.07. The summed E-state index contributed by atoms with van der Waals surface area (Å²) in [5.41, 5.74) is 10.0. The van der Waals surface area contributed by atoms with Crippen LogP contribution in [0.1, 0.15) is 27.7 Å². The number of aryl methyl sites for hydroxylation is 1. The van der Waals surface area contributed by atoms with Crippen molar-refractivity contribution in [3.63, 3.8) is 0 Å². The number of carbonyl (C=O) groups excluding carboxylic acids is 1. The number of nitrogens with two attached hydrogens (primary N) is 1. The number of benzene rings is 1. The lowest BCUT2D eigenvalue weighted by Gasteiger charge is -2.44. The Morgan fingerprint density at radius 3 is 2.84 bits per heavy atom. The van der Waals surface area contributed by atoms with Crippen LogP contribution >= 0.6 is 0 Å². The Morgan fingerprint density at radius 2 is 2.06 bits per heavy atom. The fourth-order valence-electron chi connectivity index (χ4n) is 4.86. The molecule has 4 aromatic rings. The molecule has 0 bridgehead atoms. The standard InChI is InChI=1S/C22H21N7O3/c1-28-20-15(8-24-28)14-7-13-11(6-17(14)25-21(20)23)5-12-9-32-10-18(29(12)22(13)30)16-3-4-19(31-2)27-26-16/h3-4,6-8,12,18H,5,9-10H2,1-2H3,(H2,23,25)/t12-,18-/m1/s1. The molecule has 162 valence electrons. The number of nitrogens with zero attached hydrogens (tertiary/aromatic N) is 6. The van der Waals surface area contributed by atoms with Crippen LogP contribution in [-0.2, 0) is 18.2 Å². The topological polar surface area (TPSA) is 121 Å². The molecule has 2 atom stereocenters. The summed E-state index contributed by atoms with van der Waals surface area (Å²) in [4.78, 5) is 20.2. The van der Waals surface area contributed by atoms with Gasteiger partial charge in [-0.3, -0.25) is 9.48 Å². The van der Waals surface area contributed by atoms with Gasteiger partial charge in [-0.15, -0.1) is 10.2 Å². The average Bonchev–Trinajstić information content (AvgIpc) is 3.20. The maximum atomic E-state index is 13.7. The SMILES string of the molecule is COc1ccc([C@H]2COC[C@H]3Cc4cc5nc(N)c6c(cnn6C)c5cc4C(=O)N32)nn1. The number of aromatic nitrogens is 5. The molecule has 1 amide bonds. The molecule has 0 unspecified atom stereocenters. The molecule has 1 saturated heterocycles. The van der Waals surface area contributed by atoms with Crippen LogP contribution in [0.4, 0.5) is 5.82 Å². The van der Waals surface area contributed by atoms with E-state index in [1.54, 1.807) is 24.1 Å². The highest BCUT2D eigenvalue weighted by atomic mass is 16.5. The number of amides is 1. The summed E-state index contributed by atoms with van der Waals surface area (Å²) < 4.78 is 12.7. The summed E-state index contributed by atoms with van der Waals surface area (Å²) in [5.74, 6) is 0.810. The third kappa shape index (κ3) is 2.65. The largest absolute Gasteiger partial charge is 0.480 e. The van der Waals surface area contributed by atoms with E-state index in [0.29, 0.717) is 42.6 Å². The van der Waals surface area contributed by atoms with Crippen LogP contribution in [0.25, 0.3) is 21.8 Å². The van der Waals surface area contributed by atoms with E-state index in [2.05, 4.69) is 20.3 Å². The van der Waals surface area contributed by atoms with Crippen LogP contribution in [0.3, 0.4) is 0 Å². The van der Waals surface area contributed by atoms with Gasteiger partial charge in [0, 0.05) is 29.4 Å². The molecule has 2 N–H and O–H groups in total. The first-order valence-corrected chi connectivity index (χ1v) is 10.4. The highest BCUT2D eigenvalue weighted by Crippen LogP contribution is 2.37. The first-order valence-electron chi connectivity index (χ1n) is 10.4. The van der Waals surface area contributed by atoms with Gasteiger partial charge >= 0.3 is 0 Å². The molecule has 6 rings (SSSR count). The zero-order chi connectivity index (χ0) is 22.0. The maximum Gasteiger partial charge on any atom is 0.255 e. The maximum absolute atomic E-state index is 13.7. The molecule has 5 heterocycles. The molecule has 10 nitrogen and oxygen atoms in total. The van der Waals surface area contributed by atoms with Crippen LogP contribution < -0.4 is 10.5 Å². The van der Waals surface area contributed by atoms with Crippen LogP contribution in [0.15, 0.2) is 30.5 Å². The minimum atomic E-state index is -0.313. The number of carbonyl (C=O) groups is 1. The van der Waals surface area contributed by atoms with Crippen LogP contribution in [0, 0.1) is 0 Å². The van der Waals surface area contributed by atoms with Gasteiger partial charge in [0.05, 0.1) is 49.8 Å². The van der Waals surface area contributed by atoms with E-state index in [0.717, 1.165) is 27.4 Å². The smallest absolute Gasteiger partial charge is 0.255 e. The lowest BCUT2D eigenvalue weighted by atomic mass is 9.89. The molecule has 2 aliphatic heterocycles. The van der Waals surface area contributed by atoms with Crippen molar-refractivity contribution in [1.29, 1.82) is 0 Å². The van der Waals surface area contributed by atoms with Gasteiger partial charge in [0.25, 0.3) is 5.91 Å². The predicted octanol–water partition coefficient (Wildman–Crippen LogP) is 1.64. The Morgan fingerprint density at radius 1 is 1.19 bits per heavy atom. The predicted molar refractivity (Wildman–Crippen MR) is 116 cm³/mol. The first kappa shape index (κ1) is 18.9. The zero-order valence-corrected chi connectivity index (χ0v) is 17.6. The summed E-state index contributed by atoms with van der Waals surface area (Å²) in [6.07, 6.45) is 2.44. The molecule has 10 heteroatoms. The number of rotatable bonds is 2. The van der Waals surface area contributed by atoms with Crippen molar-refractivity contribution >= 4 is 33.5 Å². The van der Waals surface area contributed by atoms with Crippen molar-refractivity contribution in [1.82, 2.24) is 29.9 Å². The molecule has 3 aromatic heterocycles. The number of ether oxygens (including phenoxy) is 2. The van der Waals surface area contributed by atoms with E-state index in [1.807, 2.05) is 30.1 Å². The second-order valence-corrected chi connectivity index (χ2v) is 8.18. The Kier molecular flexibility index (Phi) is 4.06. The Labute approximate surface area is 182 Å². The van der Waals surface area contributed by atoms with Gasteiger partial charge in [0.1, 0.15) is 11.3 Å². The van der Waals surface area contributed by atoms with Gasteiger partial charge in [0.2, 0.25) is 5.88 Å². The normalized spacial score (nSPS) is 20.4. The van der Waals surface area contributed by atoms with Crippen LogP contribution in [0.2, 0.25) is 0 Å². The van der Waals surface area contributed by atoms with Crippen molar-refractivity contribution in [2.75, 3.05) is 26.1 Å². The number of hydrogen-bond donors (Lipinski definition) is 1. The average molecular weight is 431 g/mol. The third-order valence-corrected chi connectivity index (χ3v) is 6.38. The number of nitrogen functional groups attached to an aromatic ring is 1. The monoisotopic (exact) mass is 431 g/mol. The number of fused-ring (bicyclic) bond motifs is 5. The van der Waals surface area contributed by atoms with E-state index in [4.69, 9.17) is 15.2 Å². The highest BCUT2D eigenvalue weighted by molar-refractivity contribution is 6.11. The molecule has 2 aliphatic rings. The molecule has 1 aromatic carbocycles. The van der Waals surface area contributed by atoms with Crippen molar-refractivity contribution in [3.05, 3.63) is 47.3 Å². The lowest BCUT2D eigenvalue weighted by molar-refractivity contribution is -0.0412. The second-order valence-electron chi connectivity index (χ2n) is 8.18. The van der Waals surface area contributed by atoms with Crippen molar-refractivity contribution in [2.24, 2.45) is 7.05 Å². The van der Waals surface area contributed by atoms with Gasteiger partial charge < -0.3 is 20.1 Å². The van der Waals surface area contributed by atoms with Gasteiger partial charge in [-0.1, -0.05) is 0 Å². The third-order valence-electron chi connectivity index (χ3n) is 6.38. The fourth-order valence-corrected chi connectivity index (χ4v) is 4.86. The van der Waals surface area contributed by atoms with Crippen molar-refractivity contribution in [3.8, 4) is 5.88 Å². The number of methoxy groups -OCH3 is 1. The quantitative estimate of drug-likeness (QED) is 0.508. The number of anilines is 1. The molecule has 0 spiro atoms. The van der Waals surface area contributed by atoms with E-state index in [1.165, 1.54) is 0 Å². The van der Waals surface area contributed by atoms with E-state index < -0.39 is 0 Å². The second kappa shape index (κ2) is 6.86. The Balaban J connectivity index is 1.48. The number of pyridine rings is 1. The summed E-state index contributed by atoms with van der Waals surface area (Å²) >= 11 is 0. The van der Waals surface area contributed by atoms with Gasteiger partial charge in [-0.2, -0.15) is 5.10 Å². The first-order chi connectivity index (χ1) is 15.5. The summed E-state index contributed by atoms with van der Waals surface area (Å²) in [5, 5.41) is 14.4. The van der Waals surface area contributed by atoms with E-state index in [-0.39, 0.29) is 18.0 Å². The van der Waals surface area contributed by atoms with Crippen LogP contribution in [0.5, 0.6) is 5.88 Å². The lowest BCUT2D eigenvalue weighted by Crippen LogP contribution is -2.54. The van der Waals surface area contributed by atoms with Gasteiger partial charge in [0.15, 0.2) is 0 Å². The van der Waals surface area contributed by atoms with E-state index in [9.17, 15) is 4.79 Å². The Hall–Kier alpha value is -3.79. The Bertz CT molecular complexity index is 1380. The van der Waals surface area contributed by atoms with Crippen molar-refractivity contribution in [2.45, 2.75) is 18.5 Å². The molecule has 32 heavy (non-hydrogen) atoms. The fraction of sp³-hybridized carbons (Fsp3) is 0.318. The van der Waals surface area contributed by atoms with E-state index >= 15 is 0 Å². The highest BCUT2D eigenvalue weighted by Gasteiger charge is 2.41. The van der Waals surface area contributed by atoms with Gasteiger partial charge in [-0.25, -0.2) is 4.98 Å². The number of hydrogen-bond acceptors (Lipinski definition) is 8. The van der Waals surface area contributed by atoms with Gasteiger partial charge in [-0.05, 0) is 30.2 Å². The minimum Gasteiger partial charge on any atom is -0.480 e. The minimum absolute atomic E-state index is 0.0436. The molecular weight excluding hydrogens is 410 g/mol. The molecule has 0 radical (unpaired) electrons. The molecular formula is C22H21N7O3. The molecule has 1 fully saturated rings. The van der Waals surface area contributed by atoms with Crippen LogP contribution in [-0.4, -0.2) is 62.1 Å². The number of morpholine rings is 1. The van der Waals surface area contributed by atoms with Crippen molar-refractivity contribution < 1.29 is 14.3 Å². The zero-order valence-electron chi connectivity index (χ0n) is 17.6.